The van der Waals surface area contributed by atoms with Crippen molar-refractivity contribution in [3.8, 4) is 17.0 Å². The second-order valence-corrected chi connectivity index (χ2v) is 3.58. The van der Waals surface area contributed by atoms with Gasteiger partial charge in [0.15, 0.2) is 5.82 Å². The van der Waals surface area contributed by atoms with E-state index in [9.17, 15) is 13.2 Å². The zero-order valence-electron chi connectivity index (χ0n) is 9.90. The summed E-state index contributed by atoms with van der Waals surface area (Å²) in [6.07, 6.45) is -1.76. The maximum atomic E-state index is 12.2. The molecule has 0 unspecified atom stereocenters. The lowest BCUT2D eigenvalue weighted by Crippen LogP contribution is -2.17. The molecule has 1 N–H and O–H groups in total. The molecule has 1 aromatic carbocycles. The number of alkyl halides is 3. The predicted octanol–water partition coefficient (Wildman–Crippen LogP) is 3.08. The van der Waals surface area contributed by atoms with Gasteiger partial charge in [0.25, 0.3) is 0 Å². The van der Waals surface area contributed by atoms with Crippen LogP contribution in [0, 0.1) is 0 Å². The van der Waals surface area contributed by atoms with Gasteiger partial charge in [-0.05, 0) is 12.1 Å². The Balaban J connectivity index is 2.38. The standard InChI is InChI=1S/C12H10F3N3O/c1-16-11-10(17-5-6-18-11)8-3-2-4-9(7-8)19-12(13,14)15/h2-7H,1H3,(H,16,18). The third-order valence-electron chi connectivity index (χ3n) is 2.28. The summed E-state index contributed by atoms with van der Waals surface area (Å²) in [4.78, 5) is 8.14. The van der Waals surface area contributed by atoms with Crippen LogP contribution in [0.15, 0.2) is 36.7 Å². The Morgan fingerprint density at radius 1 is 1.16 bits per heavy atom. The minimum atomic E-state index is -4.72. The molecule has 7 heteroatoms. The first-order chi connectivity index (χ1) is 8.99. The van der Waals surface area contributed by atoms with Gasteiger partial charge in [-0.1, -0.05) is 12.1 Å². The SMILES string of the molecule is CNc1nccnc1-c1cccc(OC(F)(F)F)c1. The summed E-state index contributed by atoms with van der Waals surface area (Å²) in [7, 11) is 1.66. The second kappa shape index (κ2) is 5.13. The summed E-state index contributed by atoms with van der Waals surface area (Å²) in [6, 6.07) is 5.59. The molecule has 1 heterocycles. The molecule has 0 aliphatic rings. The van der Waals surface area contributed by atoms with Gasteiger partial charge in [-0.25, -0.2) is 4.98 Å². The molecule has 2 rings (SSSR count). The first-order valence-electron chi connectivity index (χ1n) is 5.34. The summed E-state index contributed by atoms with van der Waals surface area (Å²) in [6.45, 7) is 0. The average Bonchev–Trinajstić information content (AvgIpc) is 2.37. The third kappa shape index (κ3) is 3.34. The van der Waals surface area contributed by atoms with E-state index >= 15 is 0 Å². The first kappa shape index (κ1) is 13.1. The molecular formula is C12H10F3N3O. The molecule has 0 aliphatic carbocycles. The van der Waals surface area contributed by atoms with Gasteiger partial charge in [-0.15, -0.1) is 13.2 Å². The minimum Gasteiger partial charge on any atom is -0.406 e. The predicted molar refractivity (Wildman–Crippen MR) is 63.7 cm³/mol. The quantitative estimate of drug-likeness (QED) is 0.930. The van der Waals surface area contributed by atoms with E-state index in [2.05, 4.69) is 20.0 Å². The number of anilines is 1. The molecule has 0 saturated heterocycles. The number of hydrogen-bond acceptors (Lipinski definition) is 4. The normalized spacial score (nSPS) is 11.2. The Hall–Kier alpha value is -2.31. The van der Waals surface area contributed by atoms with Crippen molar-refractivity contribution >= 4 is 5.82 Å². The number of aromatic nitrogens is 2. The fraction of sp³-hybridized carbons (Fsp3) is 0.167. The van der Waals surface area contributed by atoms with Crippen molar-refractivity contribution in [1.82, 2.24) is 9.97 Å². The lowest BCUT2D eigenvalue weighted by Gasteiger charge is -2.11. The van der Waals surface area contributed by atoms with Gasteiger partial charge in [-0.3, -0.25) is 4.98 Å². The number of halogens is 3. The van der Waals surface area contributed by atoms with Gasteiger partial charge in [0, 0.05) is 25.0 Å². The number of benzene rings is 1. The van der Waals surface area contributed by atoms with Gasteiger partial charge in [0.1, 0.15) is 11.4 Å². The fourth-order valence-corrected chi connectivity index (χ4v) is 1.57. The first-order valence-corrected chi connectivity index (χ1v) is 5.34. The van der Waals surface area contributed by atoms with Gasteiger partial charge in [-0.2, -0.15) is 0 Å². The van der Waals surface area contributed by atoms with E-state index in [0.29, 0.717) is 17.1 Å². The Labute approximate surface area is 107 Å². The Kier molecular flexibility index (Phi) is 3.55. The van der Waals surface area contributed by atoms with E-state index in [0.717, 1.165) is 0 Å². The van der Waals surface area contributed by atoms with E-state index in [1.807, 2.05) is 0 Å². The molecule has 19 heavy (non-hydrogen) atoms. The van der Waals surface area contributed by atoms with E-state index in [-0.39, 0.29) is 5.75 Å². The maximum absolute atomic E-state index is 12.2. The van der Waals surface area contributed by atoms with Crippen LogP contribution in [0.25, 0.3) is 11.3 Å². The molecule has 0 atom stereocenters. The van der Waals surface area contributed by atoms with Gasteiger partial charge in [0.05, 0.1) is 0 Å². The number of ether oxygens (including phenoxy) is 1. The molecule has 0 bridgehead atoms. The highest BCUT2D eigenvalue weighted by atomic mass is 19.4. The summed E-state index contributed by atoms with van der Waals surface area (Å²) in [5, 5.41) is 2.83. The monoisotopic (exact) mass is 269 g/mol. The molecule has 4 nitrogen and oxygen atoms in total. The molecule has 0 radical (unpaired) electrons. The Morgan fingerprint density at radius 3 is 2.58 bits per heavy atom. The number of hydrogen-bond donors (Lipinski definition) is 1. The second-order valence-electron chi connectivity index (χ2n) is 3.58. The topological polar surface area (TPSA) is 47.0 Å². The zero-order chi connectivity index (χ0) is 13.9. The van der Waals surface area contributed by atoms with Crippen molar-refractivity contribution in [1.29, 1.82) is 0 Å². The molecule has 0 aliphatic heterocycles. The van der Waals surface area contributed by atoms with Crippen molar-refractivity contribution in [3.63, 3.8) is 0 Å². The van der Waals surface area contributed by atoms with Crippen molar-refractivity contribution in [2.75, 3.05) is 12.4 Å². The van der Waals surface area contributed by atoms with Crippen LogP contribution in [0.5, 0.6) is 5.75 Å². The molecule has 0 saturated carbocycles. The van der Waals surface area contributed by atoms with Crippen molar-refractivity contribution < 1.29 is 17.9 Å². The number of nitrogens with one attached hydrogen (secondary N) is 1. The summed E-state index contributed by atoms with van der Waals surface area (Å²) in [5.74, 6) is 0.185. The van der Waals surface area contributed by atoms with Crippen LogP contribution in [0.1, 0.15) is 0 Å². The molecule has 0 amide bonds. The average molecular weight is 269 g/mol. The van der Waals surface area contributed by atoms with E-state index in [1.54, 1.807) is 13.1 Å². The van der Waals surface area contributed by atoms with Crippen LogP contribution < -0.4 is 10.1 Å². The molecular weight excluding hydrogens is 259 g/mol. The fourth-order valence-electron chi connectivity index (χ4n) is 1.57. The van der Waals surface area contributed by atoms with Crippen LogP contribution >= 0.6 is 0 Å². The van der Waals surface area contributed by atoms with Crippen molar-refractivity contribution in [3.05, 3.63) is 36.7 Å². The minimum absolute atomic E-state index is 0.294. The summed E-state index contributed by atoms with van der Waals surface area (Å²) in [5.41, 5.74) is 0.942. The van der Waals surface area contributed by atoms with Gasteiger partial charge < -0.3 is 10.1 Å². The Bertz CT molecular complexity index is 572. The lowest BCUT2D eigenvalue weighted by atomic mass is 10.1. The van der Waals surface area contributed by atoms with Crippen molar-refractivity contribution in [2.24, 2.45) is 0 Å². The van der Waals surface area contributed by atoms with E-state index in [4.69, 9.17) is 0 Å². The highest BCUT2D eigenvalue weighted by Crippen LogP contribution is 2.29. The number of rotatable bonds is 3. The summed E-state index contributed by atoms with van der Waals surface area (Å²) < 4.78 is 40.3. The zero-order valence-corrected chi connectivity index (χ0v) is 9.90. The summed E-state index contributed by atoms with van der Waals surface area (Å²) >= 11 is 0. The highest BCUT2D eigenvalue weighted by Gasteiger charge is 2.31. The van der Waals surface area contributed by atoms with E-state index in [1.165, 1.54) is 30.6 Å². The van der Waals surface area contributed by atoms with Gasteiger partial charge >= 0.3 is 6.36 Å². The maximum Gasteiger partial charge on any atom is 0.573 e. The van der Waals surface area contributed by atoms with Gasteiger partial charge in [0.2, 0.25) is 0 Å². The molecule has 100 valence electrons. The van der Waals surface area contributed by atoms with E-state index < -0.39 is 6.36 Å². The van der Waals surface area contributed by atoms with Crippen LogP contribution in [-0.4, -0.2) is 23.4 Å². The lowest BCUT2D eigenvalue weighted by molar-refractivity contribution is -0.274. The largest absolute Gasteiger partial charge is 0.573 e. The smallest absolute Gasteiger partial charge is 0.406 e. The van der Waals surface area contributed by atoms with Crippen LogP contribution in [0.2, 0.25) is 0 Å². The molecule has 1 aromatic heterocycles. The molecule has 0 spiro atoms. The third-order valence-corrected chi connectivity index (χ3v) is 2.28. The molecule has 0 fully saturated rings. The van der Waals surface area contributed by atoms with Crippen molar-refractivity contribution in [2.45, 2.75) is 6.36 Å². The van der Waals surface area contributed by atoms with Crippen LogP contribution in [-0.2, 0) is 0 Å². The van der Waals surface area contributed by atoms with Crippen LogP contribution in [0.3, 0.4) is 0 Å². The Morgan fingerprint density at radius 2 is 1.89 bits per heavy atom. The molecule has 2 aromatic rings. The highest BCUT2D eigenvalue weighted by molar-refractivity contribution is 5.71. The number of nitrogens with zero attached hydrogens (tertiary/aromatic N) is 2. The van der Waals surface area contributed by atoms with Crippen LogP contribution in [0.4, 0.5) is 19.0 Å².